The molecule has 0 radical (unpaired) electrons. The van der Waals surface area contributed by atoms with Gasteiger partial charge >= 0.3 is 0 Å². The van der Waals surface area contributed by atoms with Crippen LogP contribution in [0.4, 0.5) is 0 Å². The zero-order valence-corrected chi connectivity index (χ0v) is 7.04. The van der Waals surface area contributed by atoms with Crippen molar-refractivity contribution in [3.63, 3.8) is 0 Å². The lowest BCUT2D eigenvalue weighted by atomic mass is 10.2. The molecule has 0 bridgehead atoms. The molecule has 3 heteroatoms. The molecule has 0 atom stereocenters. The van der Waals surface area contributed by atoms with Crippen LogP contribution in [0, 0.1) is 0 Å². The Morgan fingerprint density at radius 3 is 2.09 bits per heavy atom. The van der Waals surface area contributed by atoms with Gasteiger partial charge in [-0.25, -0.2) is 0 Å². The maximum Gasteiger partial charge on any atom is 0.293 e. The summed E-state index contributed by atoms with van der Waals surface area (Å²) in [5.74, 6) is 0. The van der Waals surface area contributed by atoms with Crippen molar-refractivity contribution in [3.8, 4) is 0 Å². The molecule has 1 saturated heterocycles. The van der Waals surface area contributed by atoms with Crippen LogP contribution in [0.25, 0.3) is 0 Å². The summed E-state index contributed by atoms with van der Waals surface area (Å²) in [6, 6.07) is 0. The fraction of sp³-hybridized carbons (Fsp3) is 0.875. The first kappa shape index (κ1) is 10.4. The Hall–Kier alpha value is -0.570. The van der Waals surface area contributed by atoms with Gasteiger partial charge in [0, 0.05) is 13.2 Å². The van der Waals surface area contributed by atoms with Gasteiger partial charge in [-0.15, -0.1) is 0 Å². The summed E-state index contributed by atoms with van der Waals surface area (Å²) >= 11 is 0. The summed E-state index contributed by atoms with van der Waals surface area (Å²) in [6.07, 6.45) is 3.93. The van der Waals surface area contributed by atoms with Crippen LogP contribution in [-0.2, 0) is 14.3 Å². The van der Waals surface area contributed by atoms with Crippen molar-refractivity contribution in [1.82, 2.24) is 0 Å². The Morgan fingerprint density at radius 1 is 1.36 bits per heavy atom. The Morgan fingerprint density at radius 2 is 2.00 bits per heavy atom. The van der Waals surface area contributed by atoms with Crippen molar-refractivity contribution in [1.29, 1.82) is 0 Å². The average Bonchev–Trinajstić information content (AvgIpc) is 2.10. The van der Waals surface area contributed by atoms with Gasteiger partial charge in [0.2, 0.25) is 0 Å². The molecule has 1 aliphatic heterocycles. The molecule has 0 aromatic heterocycles. The lowest BCUT2D eigenvalue weighted by molar-refractivity contribution is -0.128. The van der Waals surface area contributed by atoms with Crippen LogP contribution >= 0.6 is 0 Å². The summed E-state index contributed by atoms with van der Waals surface area (Å²) in [4.78, 5) is 9.18. The van der Waals surface area contributed by atoms with E-state index in [4.69, 9.17) is 4.74 Å². The molecule has 0 aromatic rings. The molecule has 11 heavy (non-hydrogen) atoms. The smallest absolute Gasteiger partial charge is 0.293 e. The van der Waals surface area contributed by atoms with Crippen molar-refractivity contribution in [2.75, 3.05) is 19.8 Å². The van der Waals surface area contributed by atoms with E-state index in [-0.39, 0.29) is 0 Å². The second kappa shape index (κ2) is 9.43. The molecule has 1 heterocycles. The van der Waals surface area contributed by atoms with Gasteiger partial charge in [0.25, 0.3) is 6.47 Å². The molecule has 0 aliphatic carbocycles. The van der Waals surface area contributed by atoms with Crippen LogP contribution in [0.1, 0.15) is 26.2 Å². The molecule has 3 nitrogen and oxygen atoms in total. The normalized spacial score (nSPS) is 16.1. The highest BCUT2D eigenvalue weighted by atomic mass is 16.5. The van der Waals surface area contributed by atoms with E-state index in [0.717, 1.165) is 13.2 Å². The summed E-state index contributed by atoms with van der Waals surface area (Å²) < 4.78 is 9.22. The van der Waals surface area contributed by atoms with Crippen molar-refractivity contribution in [2.45, 2.75) is 26.2 Å². The largest absolute Gasteiger partial charge is 0.468 e. The third-order valence-corrected chi connectivity index (χ3v) is 1.31. The van der Waals surface area contributed by atoms with Crippen molar-refractivity contribution >= 4 is 6.47 Å². The number of rotatable bonds is 2. The number of hydrogen-bond acceptors (Lipinski definition) is 3. The van der Waals surface area contributed by atoms with Crippen LogP contribution in [0.5, 0.6) is 0 Å². The van der Waals surface area contributed by atoms with Gasteiger partial charge in [-0.3, -0.25) is 4.79 Å². The Bertz CT molecular complexity index is 67.9. The summed E-state index contributed by atoms with van der Waals surface area (Å²) in [7, 11) is 0. The quantitative estimate of drug-likeness (QED) is 0.572. The van der Waals surface area contributed by atoms with E-state index >= 15 is 0 Å². The first-order valence-corrected chi connectivity index (χ1v) is 4.04. The van der Waals surface area contributed by atoms with E-state index < -0.39 is 0 Å². The Labute approximate surface area is 67.7 Å². The molecule has 0 saturated carbocycles. The third-order valence-electron chi connectivity index (χ3n) is 1.31. The fourth-order valence-corrected chi connectivity index (χ4v) is 0.755. The molecule has 0 aromatic carbocycles. The van der Waals surface area contributed by atoms with Gasteiger partial charge in [0.1, 0.15) is 0 Å². The number of ether oxygens (including phenoxy) is 2. The molecule has 66 valence electrons. The number of carbonyl (C=O) groups excluding carboxylic acids is 1. The van der Waals surface area contributed by atoms with Gasteiger partial charge in [-0.05, 0) is 26.2 Å². The minimum Gasteiger partial charge on any atom is -0.468 e. The second-order valence-corrected chi connectivity index (χ2v) is 2.22. The zero-order chi connectivity index (χ0) is 8.36. The zero-order valence-electron chi connectivity index (χ0n) is 7.04. The molecule has 1 fully saturated rings. The van der Waals surface area contributed by atoms with Crippen LogP contribution in [-0.4, -0.2) is 26.3 Å². The predicted octanol–water partition coefficient (Wildman–Crippen LogP) is 1.37. The highest BCUT2D eigenvalue weighted by Crippen LogP contribution is 2.02. The van der Waals surface area contributed by atoms with Crippen molar-refractivity contribution in [3.05, 3.63) is 0 Å². The monoisotopic (exact) mass is 160 g/mol. The molecule has 1 rings (SSSR count). The predicted molar refractivity (Wildman–Crippen MR) is 42.4 cm³/mol. The Balaban J connectivity index is 0.000000187. The first-order chi connectivity index (χ1) is 5.41. The van der Waals surface area contributed by atoms with Gasteiger partial charge < -0.3 is 9.47 Å². The topological polar surface area (TPSA) is 35.5 Å². The second-order valence-electron chi connectivity index (χ2n) is 2.22. The van der Waals surface area contributed by atoms with E-state index in [1.807, 2.05) is 0 Å². The van der Waals surface area contributed by atoms with Crippen LogP contribution in [0.2, 0.25) is 0 Å². The van der Waals surface area contributed by atoms with Gasteiger partial charge in [-0.1, -0.05) is 0 Å². The molecule has 0 unspecified atom stereocenters. The highest BCUT2D eigenvalue weighted by molar-refractivity contribution is 5.36. The van der Waals surface area contributed by atoms with Gasteiger partial charge in [-0.2, -0.15) is 0 Å². The fourth-order valence-electron chi connectivity index (χ4n) is 0.755. The summed E-state index contributed by atoms with van der Waals surface area (Å²) in [5, 5.41) is 0. The summed E-state index contributed by atoms with van der Waals surface area (Å²) in [5.41, 5.74) is 0. The summed E-state index contributed by atoms with van der Waals surface area (Å²) in [6.45, 7) is 4.66. The van der Waals surface area contributed by atoms with Crippen LogP contribution in [0.3, 0.4) is 0 Å². The number of hydrogen-bond donors (Lipinski definition) is 0. The van der Waals surface area contributed by atoms with E-state index in [2.05, 4.69) is 4.74 Å². The highest BCUT2D eigenvalue weighted by Gasteiger charge is 1.94. The van der Waals surface area contributed by atoms with E-state index in [1.54, 1.807) is 6.92 Å². The van der Waals surface area contributed by atoms with Gasteiger partial charge in [0.15, 0.2) is 0 Å². The molecule has 1 aliphatic rings. The molecule has 0 spiro atoms. The molecular formula is C8H16O3. The number of carbonyl (C=O) groups is 1. The third kappa shape index (κ3) is 9.43. The van der Waals surface area contributed by atoms with Crippen molar-refractivity contribution < 1.29 is 14.3 Å². The van der Waals surface area contributed by atoms with Gasteiger partial charge in [0.05, 0.1) is 6.61 Å². The Kier molecular flexibility index (Phi) is 8.94. The van der Waals surface area contributed by atoms with Crippen LogP contribution in [0.15, 0.2) is 0 Å². The SMILES string of the molecule is C1CCOCC1.CCOC=O. The molecule has 0 amide bonds. The average molecular weight is 160 g/mol. The van der Waals surface area contributed by atoms with Crippen molar-refractivity contribution in [2.24, 2.45) is 0 Å². The first-order valence-electron chi connectivity index (χ1n) is 4.04. The minimum atomic E-state index is 0.431. The lowest BCUT2D eigenvalue weighted by Gasteiger charge is -2.08. The standard InChI is InChI=1S/C5H10O.C3H6O2/c1-2-4-6-5-3-1;1-2-5-3-4/h1-5H2;3H,2H2,1H3. The minimum absolute atomic E-state index is 0.431. The molecule has 0 N–H and O–H groups in total. The van der Waals surface area contributed by atoms with E-state index in [9.17, 15) is 4.79 Å². The molecular weight excluding hydrogens is 144 g/mol. The van der Waals surface area contributed by atoms with E-state index in [0.29, 0.717) is 13.1 Å². The maximum atomic E-state index is 9.18. The van der Waals surface area contributed by atoms with Crippen LogP contribution < -0.4 is 0 Å². The lowest BCUT2D eigenvalue weighted by Crippen LogP contribution is -2.03. The van der Waals surface area contributed by atoms with E-state index in [1.165, 1.54) is 19.3 Å². The maximum absolute atomic E-state index is 9.18.